The van der Waals surface area contributed by atoms with E-state index in [0.717, 1.165) is 12.1 Å². The summed E-state index contributed by atoms with van der Waals surface area (Å²) in [6.45, 7) is 3.23. The molecule has 0 aliphatic carbocycles. The van der Waals surface area contributed by atoms with Crippen LogP contribution in [0.5, 0.6) is 0 Å². The molecule has 1 atom stereocenters. The third kappa shape index (κ3) is 4.93. The quantitative estimate of drug-likeness (QED) is 0.754. The first kappa shape index (κ1) is 16.0. The molecule has 0 spiro atoms. The fraction of sp³-hybridized carbons (Fsp3) is 0.385. The molecule has 20 heavy (non-hydrogen) atoms. The van der Waals surface area contributed by atoms with E-state index in [-0.39, 0.29) is 18.2 Å². The van der Waals surface area contributed by atoms with Crippen LogP contribution in [0.4, 0.5) is 14.5 Å². The average Bonchev–Trinajstić information content (AvgIpc) is 2.33. The maximum atomic E-state index is 12.9. The fourth-order valence-electron chi connectivity index (χ4n) is 1.42. The minimum Gasteiger partial charge on any atom is -0.346 e. The number of carbonyl (C=O) groups is 2. The van der Waals surface area contributed by atoms with E-state index in [1.54, 1.807) is 13.8 Å². The SMILES string of the molecule is CC(C)[C@H](N)C(=O)NCC(=O)Nc1cc(F)cc(F)c1. The summed E-state index contributed by atoms with van der Waals surface area (Å²) in [5.41, 5.74) is 5.58. The van der Waals surface area contributed by atoms with Gasteiger partial charge in [-0.1, -0.05) is 13.8 Å². The number of rotatable bonds is 5. The lowest BCUT2D eigenvalue weighted by Gasteiger charge is -2.15. The van der Waals surface area contributed by atoms with Crippen LogP contribution in [0.15, 0.2) is 18.2 Å². The summed E-state index contributed by atoms with van der Waals surface area (Å²) in [5.74, 6) is -2.72. The summed E-state index contributed by atoms with van der Waals surface area (Å²) >= 11 is 0. The van der Waals surface area contributed by atoms with Crippen LogP contribution < -0.4 is 16.4 Å². The van der Waals surface area contributed by atoms with E-state index in [9.17, 15) is 18.4 Å². The lowest BCUT2D eigenvalue weighted by molar-refractivity contribution is -0.125. The second kappa shape index (κ2) is 6.95. The van der Waals surface area contributed by atoms with E-state index < -0.39 is 29.5 Å². The van der Waals surface area contributed by atoms with Gasteiger partial charge in [0.25, 0.3) is 0 Å². The second-order valence-corrected chi connectivity index (χ2v) is 4.69. The predicted molar refractivity (Wildman–Crippen MR) is 70.8 cm³/mol. The molecule has 5 nitrogen and oxygen atoms in total. The highest BCUT2D eigenvalue weighted by molar-refractivity contribution is 5.95. The molecule has 0 aliphatic rings. The summed E-state index contributed by atoms with van der Waals surface area (Å²) in [4.78, 5) is 23.0. The van der Waals surface area contributed by atoms with Crippen LogP contribution in [0.3, 0.4) is 0 Å². The third-order valence-corrected chi connectivity index (χ3v) is 2.59. The number of anilines is 1. The normalized spacial score (nSPS) is 12.1. The molecule has 1 aromatic rings. The molecule has 110 valence electrons. The molecule has 7 heteroatoms. The molecule has 0 saturated heterocycles. The van der Waals surface area contributed by atoms with Crippen LogP contribution >= 0.6 is 0 Å². The average molecular weight is 285 g/mol. The zero-order valence-electron chi connectivity index (χ0n) is 11.2. The Labute approximate surface area is 115 Å². The van der Waals surface area contributed by atoms with Crippen molar-refractivity contribution in [1.82, 2.24) is 5.32 Å². The smallest absolute Gasteiger partial charge is 0.243 e. The lowest BCUT2D eigenvalue weighted by Crippen LogP contribution is -2.46. The first-order valence-corrected chi connectivity index (χ1v) is 6.09. The topological polar surface area (TPSA) is 84.2 Å². The van der Waals surface area contributed by atoms with Crippen LogP contribution in [0.1, 0.15) is 13.8 Å². The van der Waals surface area contributed by atoms with Gasteiger partial charge >= 0.3 is 0 Å². The number of carbonyl (C=O) groups excluding carboxylic acids is 2. The molecule has 1 rings (SSSR count). The molecule has 0 fully saturated rings. The van der Waals surface area contributed by atoms with E-state index in [0.29, 0.717) is 6.07 Å². The van der Waals surface area contributed by atoms with Gasteiger partial charge in [0, 0.05) is 11.8 Å². The lowest BCUT2D eigenvalue weighted by atomic mass is 10.1. The number of hydrogen-bond donors (Lipinski definition) is 3. The van der Waals surface area contributed by atoms with Crippen molar-refractivity contribution in [2.24, 2.45) is 11.7 Å². The predicted octanol–water partition coefficient (Wildman–Crippen LogP) is 1.00. The first-order valence-electron chi connectivity index (χ1n) is 6.09. The van der Waals surface area contributed by atoms with E-state index in [1.807, 2.05) is 0 Å². The molecule has 0 aromatic heterocycles. The Morgan fingerprint density at radius 2 is 1.75 bits per heavy atom. The van der Waals surface area contributed by atoms with Crippen molar-refractivity contribution in [2.75, 3.05) is 11.9 Å². The molecule has 0 radical (unpaired) electrons. The van der Waals surface area contributed by atoms with Gasteiger partial charge in [0.1, 0.15) is 11.6 Å². The summed E-state index contributed by atoms with van der Waals surface area (Å²) in [5, 5.41) is 4.62. The van der Waals surface area contributed by atoms with Gasteiger partial charge < -0.3 is 16.4 Å². The molecule has 1 aromatic carbocycles. The van der Waals surface area contributed by atoms with Crippen molar-refractivity contribution in [3.05, 3.63) is 29.8 Å². The van der Waals surface area contributed by atoms with Gasteiger partial charge in [-0.15, -0.1) is 0 Å². The highest BCUT2D eigenvalue weighted by Gasteiger charge is 2.17. The van der Waals surface area contributed by atoms with Gasteiger partial charge in [-0.3, -0.25) is 9.59 Å². The number of benzene rings is 1. The summed E-state index contributed by atoms with van der Waals surface area (Å²) < 4.78 is 25.8. The summed E-state index contributed by atoms with van der Waals surface area (Å²) in [6.07, 6.45) is 0. The second-order valence-electron chi connectivity index (χ2n) is 4.69. The molecule has 0 unspecified atom stereocenters. The van der Waals surface area contributed by atoms with Gasteiger partial charge in [0.05, 0.1) is 12.6 Å². The monoisotopic (exact) mass is 285 g/mol. The Bertz CT molecular complexity index is 486. The van der Waals surface area contributed by atoms with E-state index in [2.05, 4.69) is 10.6 Å². The van der Waals surface area contributed by atoms with Crippen molar-refractivity contribution in [2.45, 2.75) is 19.9 Å². The summed E-state index contributed by atoms with van der Waals surface area (Å²) in [6, 6.07) is 1.93. The standard InChI is InChI=1S/C13H17F2N3O2/c1-7(2)12(16)13(20)17-6-11(19)18-10-4-8(14)3-9(15)5-10/h3-5,7,12H,6,16H2,1-2H3,(H,17,20)(H,18,19)/t12-/m0/s1. The van der Waals surface area contributed by atoms with Gasteiger partial charge in [-0.25, -0.2) is 8.78 Å². The van der Waals surface area contributed by atoms with E-state index in [4.69, 9.17) is 5.73 Å². The highest BCUT2D eigenvalue weighted by Crippen LogP contribution is 2.12. The van der Waals surface area contributed by atoms with Crippen LogP contribution in [-0.4, -0.2) is 24.4 Å². The van der Waals surface area contributed by atoms with E-state index in [1.165, 1.54) is 0 Å². The van der Waals surface area contributed by atoms with E-state index >= 15 is 0 Å². The molecule has 0 aliphatic heterocycles. The maximum absolute atomic E-state index is 12.9. The minimum absolute atomic E-state index is 0.0186. The molecule has 4 N–H and O–H groups in total. The number of halogens is 2. The molecular formula is C13H17F2N3O2. The van der Waals surface area contributed by atoms with Crippen LogP contribution in [0.25, 0.3) is 0 Å². The van der Waals surface area contributed by atoms with Gasteiger partial charge in [0.15, 0.2) is 0 Å². The molecule has 2 amide bonds. The number of nitrogens with two attached hydrogens (primary N) is 1. The van der Waals surface area contributed by atoms with Crippen LogP contribution in [-0.2, 0) is 9.59 Å². The first-order chi connectivity index (χ1) is 9.29. The van der Waals surface area contributed by atoms with Gasteiger partial charge in [-0.2, -0.15) is 0 Å². The molecule has 0 saturated carbocycles. The Morgan fingerprint density at radius 3 is 2.25 bits per heavy atom. The Hall–Kier alpha value is -2.02. The number of hydrogen-bond acceptors (Lipinski definition) is 3. The Kier molecular flexibility index (Phi) is 5.57. The molecule has 0 bridgehead atoms. The van der Waals surface area contributed by atoms with Crippen molar-refractivity contribution in [3.63, 3.8) is 0 Å². The van der Waals surface area contributed by atoms with Crippen molar-refractivity contribution in [3.8, 4) is 0 Å². The number of amides is 2. The zero-order valence-corrected chi connectivity index (χ0v) is 11.2. The van der Waals surface area contributed by atoms with Gasteiger partial charge in [0.2, 0.25) is 11.8 Å². The Morgan fingerprint density at radius 1 is 1.20 bits per heavy atom. The number of nitrogens with one attached hydrogen (secondary N) is 2. The third-order valence-electron chi connectivity index (χ3n) is 2.59. The van der Waals surface area contributed by atoms with Crippen LogP contribution in [0.2, 0.25) is 0 Å². The molecule has 0 heterocycles. The molecular weight excluding hydrogens is 268 g/mol. The van der Waals surface area contributed by atoms with Crippen LogP contribution in [0, 0.1) is 17.6 Å². The van der Waals surface area contributed by atoms with Crippen molar-refractivity contribution in [1.29, 1.82) is 0 Å². The maximum Gasteiger partial charge on any atom is 0.243 e. The highest BCUT2D eigenvalue weighted by atomic mass is 19.1. The van der Waals surface area contributed by atoms with Crippen molar-refractivity contribution >= 4 is 17.5 Å². The van der Waals surface area contributed by atoms with Crippen molar-refractivity contribution < 1.29 is 18.4 Å². The van der Waals surface area contributed by atoms with Gasteiger partial charge in [-0.05, 0) is 18.1 Å². The Balaban J connectivity index is 2.50. The summed E-state index contributed by atoms with van der Waals surface area (Å²) in [7, 11) is 0. The largest absolute Gasteiger partial charge is 0.346 e. The minimum atomic E-state index is -0.800. The zero-order chi connectivity index (χ0) is 15.3. The fourth-order valence-corrected chi connectivity index (χ4v) is 1.42.